The van der Waals surface area contributed by atoms with Crippen LogP contribution in [0.3, 0.4) is 0 Å². The van der Waals surface area contributed by atoms with Gasteiger partial charge in [0.25, 0.3) is 5.56 Å². The molecule has 0 saturated carbocycles. The SMILES string of the molecule is Cc1cc(=O)n2nc(CN3CCCC(C)(O)C3)sc2n1. The van der Waals surface area contributed by atoms with Crippen LogP contribution in [0.4, 0.5) is 0 Å². The van der Waals surface area contributed by atoms with Crippen LogP contribution in [0.15, 0.2) is 10.9 Å². The highest BCUT2D eigenvalue weighted by Gasteiger charge is 2.28. The number of fused-ring (bicyclic) bond motifs is 1. The molecule has 108 valence electrons. The zero-order chi connectivity index (χ0) is 14.3. The Morgan fingerprint density at radius 3 is 3.10 bits per heavy atom. The van der Waals surface area contributed by atoms with Gasteiger partial charge in [0, 0.05) is 18.3 Å². The molecule has 0 amide bonds. The third-order valence-corrected chi connectivity index (χ3v) is 4.42. The van der Waals surface area contributed by atoms with Gasteiger partial charge in [0.1, 0.15) is 5.01 Å². The molecule has 3 heterocycles. The van der Waals surface area contributed by atoms with Crippen molar-refractivity contribution in [3.63, 3.8) is 0 Å². The molecule has 0 aliphatic carbocycles. The van der Waals surface area contributed by atoms with E-state index >= 15 is 0 Å². The first-order valence-corrected chi connectivity index (χ1v) is 7.56. The molecule has 1 aliphatic heterocycles. The van der Waals surface area contributed by atoms with Gasteiger partial charge in [-0.05, 0) is 33.2 Å². The predicted molar refractivity (Wildman–Crippen MR) is 77.0 cm³/mol. The van der Waals surface area contributed by atoms with Crippen molar-refractivity contribution in [1.82, 2.24) is 19.5 Å². The lowest BCUT2D eigenvalue weighted by molar-refractivity contribution is -0.0182. The summed E-state index contributed by atoms with van der Waals surface area (Å²) in [4.78, 5) is 19.0. The fourth-order valence-electron chi connectivity index (χ4n) is 2.67. The first-order chi connectivity index (χ1) is 9.43. The Kier molecular flexibility index (Phi) is 3.35. The Bertz CT molecular complexity index is 691. The summed E-state index contributed by atoms with van der Waals surface area (Å²) in [5.41, 5.74) is -0.0487. The number of hydrogen-bond donors (Lipinski definition) is 1. The van der Waals surface area contributed by atoms with Gasteiger partial charge in [-0.15, -0.1) is 0 Å². The molecule has 6 nitrogen and oxygen atoms in total. The smallest absolute Gasteiger partial charge is 0.275 e. The number of aryl methyl sites for hydroxylation is 1. The van der Waals surface area contributed by atoms with Gasteiger partial charge in [-0.2, -0.15) is 9.61 Å². The highest BCUT2D eigenvalue weighted by Crippen LogP contribution is 2.22. The zero-order valence-corrected chi connectivity index (χ0v) is 12.5. The van der Waals surface area contributed by atoms with E-state index in [2.05, 4.69) is 15.0 Å². The summed E-state index contributed by atoms with van der Waals surface area (Å²) in [6.45, 7) is 5.93. The second-order valence-corrected chi connectivity index (χ2v) is 6.78. The van der Waals surface area contributed by atoms with Gasteiger partial charge in [-0.1, -0.05) is 11.3 Å². The highest BCUT2D eigenvalue weighted by molar-refractivity contribution is 7.16. The molecule has 2 aromatic rings. The van der Waals surface area contributed by atoms with Crippen molar-refractivity contribution in [2.24, 2.45) is 0 Å². The van der Waals surface area contributed by atoms with Crippen LogP contribution in [-0.2, 0) is 6.54 Å². The van der Waals surface area contributed by atoms with E-state index in [-0.39, 0.29) is 5.56 Å². The Morgan fingerprint density at radius 2 is 2.35 bits per heavy atom. The highest BCUT2D eigenvalue weighted by atomic mass is 32.1. The van der Waals surface area contributed by atoms with E-state index < -0.39 is 5.60 Å². The number of β-amino-alcohol motifs (C(OH)–C–C–N with tert-alkyl or cyclic N) is 1. The Morgan fingerprint density at radius 1 is 1.55 bits per heavy atom. The van der Waals surface area contributed by atoms with Gasteiger partial charge in [-0.3, -0.25) is 9.69 Å². The normalized spacial score (nSPS) is 24.4. The van der Waals surface area contributed by atoms with E-state index in [0.29, 0.717) is 23.7 Å². The lowest BCUT2D eigenvalue weighted by Gasteiger charge is -2.36. The molecule has 1 unspecified atom stereocenters. The van der Waals surface area contributed by atoms with E-state index in [1.54, 1.807) is 0 Å². The van der Waals surface area contributed by atoms with Crippen LogP contribution in [0.1, 0.15) is 30.5 Å². The van der Waals surface area contributed by atoms with Gasteiger partial charge in [0.2, 0.25) is 4.96 Å². The minimum Gasteiger partial charge on any atom is -0.389 e. The molecule has 1 atom stereocenters. The van der Waals surface area contributed by atoms with Crippen LogP contribution < -0.4 is 5.56 Å². The van der Waals surface area contributed by atoms with Gasteiger partial charge in [0.05, 0.1) is 12.1 Å². The van der Waals surface area contributed by atoms with Crippen molar-refractivity contribution in [3.05, 3.63) is 27.1 Å². The molecule has 1 N–H and O–H groups in total. The molecule has 3 rings (SSSR count). The molecule has 0 aromatic carbocycles. The minimum absolute atomic E-state index is 0.138. The number of nitrogens with zero attached hydrogens (tertiary/aromatic N) is 4. The number of hydrogen-bond acceptors (Lipinski definition) is 6. The van der Waals surface area contributed by atoms with Crippen LogP contribution in [0.5, 0.6) is 0 Å². The minimum atomic E-state index is -0.624. The lowest BCUT2D eigenvalue weighted by atomic mass is 9.95. The molecule has 0 bridgehead atoms. The largest absolute Gasteiger partial charge is 0.389 e. The Balaban J connectivity index is 1.84. The van der Waals surface area contributed by atoms with Gasteiger partial charge in [0.15, 0.2) is 0 Å². The van der Waals surface area contributed by atoms with Crippen LogP contribution in [0, 0.1) is 6.92 Å². The molecule has 0 radical (unpaired) electrons. The van der Waals surface area contributed by atoms with Crippen molar-refractivity contribution >= 4 is 16.3 Å². The molecule has 1 fully saturated rings. The number of rotatable bonds is 2. The molecule has 1 saturated heterocycles. The lowest BCUT2D eigenvalue weighted by Crippen LogP contribution is -2.45. The summed E-state index contributed by atoms with van der Waals surface area (Å²) < 4.78 is 1.36. The monoisotopic (exact) mass is 294 g/mol. The number of likely N-dealkylation sites (tertiary alicyclic amines) is 1. The molecular weight excluding hydrogens is 276 g/mol. The summed E-state index contributed by atoms with van der Waals surface area (Å²) in [5, 5.41) is 15.3. The fourth-order valence-corrected chi connectivity index (χ4v) is 3.66. The van der Waals surface area contributed by atoms with E-state index in [0.717, 1.165) is 24.4 Å². The van der Waals surface area contributed by atoms with Crippen LogP contribution >= 0.6 is 11.3 Å². The van der Waals surface area contributed by atoms with Crippen LogP contribution in [-0.4, -0.2) is 43.3 Å². The van der Waals surface area contributed by atoms with E-state index in [1.165, 1.54) is 21.9 Å². The fraction of sp³-hybridized carbons (Fsp3) is 0.615. The Labute approximate surface area is 120 Å². The molecule has 20 heavy (non-hydrogen) atoms. The first kappa shape index (κ1) is 13.7. The first-order valence-electron chi connectivity index (χ1n) is 6.74. The van der Waals surface area contributed by atoms with Crippen molar-refractivity contribution in [3.8, 4) is 0 Å². The topological polar surface area (TPSA) is 70.7 Å². The summed E-state index contributed by atoms with van der Waals surface area (Å²) in [5.74, 6) is 0. The van der Waals surface area contributed by atoms with Crippen molar-refractivity contribution in [1.29, 1.82) is 0 Å². The summed E-state index contributed by atoms with van der Waals surface area (Å²) >= 11 is 1.44. The summed E-state index contributed by atoms with van der Waals surface area (Å²) in [7, 11) is 0. The zero-order valence-electron chi connectivity index (χ0n) is 11.7. The van der Waals surface area contributed by atoms with Crippen molar-refractivity contribution in [2.75, 3.05) is 13.1 Å². The third kappa shape index (κ3) is 2.74. The van der Waals surface area contributed by atoms with Crippen LogP contribution in [0.2, 0.25) is 0 Å². The summed E-state index contributed by atoms with van der Waals surface area (Å²) in [6, 6.07) is 1.49. The number of aromatic nitrogens is 3. The van der Waals surface area contributed by atoms with E-state index in [1.807, 2.05) is 13.8 Å². The number of piperidine rings is 1. The average molecular weight is 294 g/mol. The quantitative estimate of drug-likeness (QED) is 0.887. The predicted octanol–water partition coefficient (Wildman–Crippen LogP) is 0.806. The molecule has 7 heteroatoms. The molecule has 1 aliphatic rings. The van der Waals surface area contributed by atoms with Crippen LogP contribution in [0.25, 0.3) is 4.96 Å². The standard InChI is InChI=1S/C13H18N4O2S/c1-9-6-11(18)17-12(14-9)20-10(15-17)7-16-5-3-4-13(2,19)8-16/h6,19H,3-5,7-8H2,1-2H3. The maximum Gasteiger partial charge on any atom is 0.275 e. The third-order valence-electron chi connectivity index (χ3n) is 3.53. The second kappa shape index (κ2) is 4.91. The van der Waals surface area contributed by atoms with Crippen molar-refractivity contribution in [2.45, 2.75) is 38.8 Å². The number of aliphatic hydroxyl groups is 1. The Hall–Kier alpha value is -1.31. The average Bonchev–Trinajstić information content (AvgIpc) is 2.70. The molecule has 0 spiro atoms. The van der Waals surface area contributed by atoms with E-state index in [9.17, 15) is 9.90 Å². The maximum absolute atomic E-state index is 11.8. The van der Waals surface area contributed by atoms with Crippen molar-refractivity contribution < 1.29 is 5.11 Å². The van der Waals surface area contributed by atoms with E-state index in [4.69, 9.17) is 0 Å². The van der Waals surface area contributed by atoms with Gasteiger partial charge >= 0.3 is 0 Å². The second-order valence-electron chi connectivity index (χ2n) is 5.74. The maximum atomic E-state index is 11.8. The molecule has 2 aromatic heterocycles. The van der Waals surface area contributed by atoms with Gasteiger partial charge < -0.3 is 5.11 Å². The summed E-state index contributed by atoms with van der Waals surface area (Å²) in [6.07, 6.45) is 1.82. The molecular formula is C13H18N4O2S. The van der Waals surface area contributed by atoms with Gasteiger partial charge in [-0.25, -0.2) is 4.98 Å².